The maximum Gasteiger partial charge on any atom is 0.679 e. The van der Waals surface area contributed by atoms with Crippen molar-refractivity contribution >= 4 is 9.05 Å². The lowest BCUT2D eigenvalue weighted by atomic mass is 10.8. The second-order valence-electron chi connectivity index (χ2n) is 3.46. The van der Waals surface area contributed by atoms with Gasteiger partial charge in [-0.3, -0.25) is 0 Å². The van der Waals surface area contributed by atoms with Crippen molar-refractivity contribution in [1.29, 1.82) is 0 Å². The maximum absolute atomic E-state index is 5.68. The Labute approximate surface area is 117 Å². The summed E-state index contributed by atoms with van der Waals surface area (Å²) in [5.41, 5.74) is 0. The molecule has 0 aliphatic carbocycles. The molecule has 0 saturated heterocycles. The summed E-state index contributed by atoms with van der Waals surface area (Å²) in [5.74, 6) is 0. The summed E-state index contributed by atoms with van der Waals surface area (Å²) in [6, 6.07) is 0. The molecule has 0 rings (SSSR count). The molecule has 0 amide bonds. The van der Waals surface area contributed by atoms with E-state index in [0.29, 0.717) is 52.9 Å². The van der Waals surface area contributed by atoms with Gasteiger partial charge in [-0.1, -0.05) is 0 Å². The summed E-state index contributed by atoms with van der Waals surface area (Å²) in [4.78, 5) is 0. The minimum Gasteiger partial charge on any atom is -0.379 e. The van der Waals surface area contributed by atoms with Gasteiger partial charge in [-0.15, -0.1) is 0 Å². The molecular weight excluding hydrogens is 268 g/mol. The number of rotatable bonds is 14. The number of hydrogen-bond acceptors (Lipinski definition) is 6. The Hall–Kier alpha value is -0.0231. The van der Waals surface area contributed by atoms with Gasteiger partial charge in [-0.05, 0) is 27.7 Å². The summed E-state index contributed by atoms with van der Waals surface area (Å²) < 4.78 is 33.0. The fourth-order valence-corrected chi connectivity index (χ4v) is 3.22. The van der Waals surface area contributed by atoms with Gasteiger partial charge in [0.15, 0.2) is 0 Å². The highest BCUT2D eigenvalue weighted by molar-refractivity contribution is 6.53. The van der Waals surface area contributed by atoms with Crippen LogP contribution >= 0.6 is 0 Å². The molecule has 0 aliphatic rings. The van der Waals surface area contributed by atoms with Gasteiger partial charge in [-0.25, -0.2) is 0 Å². The Balaban J connectivity index is 4.22. The lowest BCUT2D eigenvalue weighted by Crippen LogP contribution is -2.50. The minimum absolute atomic E-state index is 0.398. The zero-order valence-electron chi connectivity index (χ0n) is 12.6. The summed E-state index contributed by atoms with van der Waals surface area (Å²) in [5, 5.41) is 0. The highest BCUT2D eigenvalue weighted by Gasteiger charge is 2.45. The van der Waals surface area contributed by atoms with Crippen LogP contribution in [0.2, 0.25) is 0 Å². The van der Waals surface area contributed by atoms with E-state index in [2.05, 4.69) is 0 Å². The van der Waals surface area contributed by atoms with Crippen molar-refractivity contribution in [1.82, 2.24) is 0 Å². The van der Waals surface area contributed by atoms with Crippen LogP contribution in [0.25, 0.3) is 0 Å². The van der Waals surface area contributed by atoms with Crippen molar-refractivity contribution in [3.05, 3.63) is 0 Å². The van der Waals surface area contributed by atoms with E-state index in [1.165, 1.54) is 0 Å². The molecule has 0 aliphatic heterocycles. The molecule has 116 valence electrons. The van der Waals surface area contributed by atoms with Gasteiger partial charge in [0.25, 0.3) is 0 Å². The van der Waals surface area contributed by atoms with Crippen LogP contribution in [-0.4, -0.2) is 61.9 Å². The van der Waals surface area contributed by atoms with E-state index in [1.54, 1.807) is 0 Å². The van der Waals surface area contributed by atoms with E-state index >= 15 is 0 Å². The Bertz CT molecular complexity index is 173. The topological polar surface area (TPSA) is 55.4 Å². The average Bonchev–Trinajstić information content (AvgIpc) is 2.41. The Morgan fingerprint density at radius 2 is 0.947 bits per heavy atom. The van der Waals surface area contributed by atoms with E-state index in [4.69, 9.17) is 27.2 Å². The van der Waals surface area contributed by atoms with Crippen molar-refractivity contribution in [3.8, 4) is 0 Å². The van der Waals surface area contributed by atoms with E-state index in [-0.39, 0.29) is 0 Å². The van der Waals surface area contributed by atoms with Crippen molar-refractivity contribution in [2.24, 2.45) is 0 Å². The third-order valence-corrected chi connectivity index (χ3v) is 4.46. The molecule has 0 fully saturated rings. The van der Waals surface area contributed by atoms with E-state index in [1.807, 2.05) is 27.7 Å². The lowest BCUT2D eigenvalue weighted by Gasteiger charge is -2.27. The van der Waals surface area contributed by atoms with Crippen LogP contribution in [0.3, 0.4) is 0 Å². The summed E-state index contributed by atoms with van der Waals surface area (Å²) in [6.07, 6.45) is 0. The summed E-state index contributed by atoms with van der Waals surface area (Å²) in [7, 11) is -3.06. The summed E-state index contributed by atoms with van der Waals surface area (Å²) >= 11 is 0. The van der Waals surface area contributed by atoms with Crippen molar-refractivity contribution in [2.45, 2.75) is 27.7 Å². The molecule has 7 heteroatoms. The molecule has 0 aromatic carbocycles. The molecule has 0 unspecified atom stereocenters. The Morgan fingerprint density at radius 3 is 1.26 bits per heavy atom. The maximum atomic E-state index is 5.68. The molecule has 0 aromatic rings. The van der Waals surface area contributed by atoms with E-state index in [0.717, 1.165) is 0 Å². The molecule has 6 nitrogen and oxygen atoms in total. The largest absolute Gasteiger partial charge is 0.679 e. The first-order valence-corrected chi connectivity index (χ1v) is 8.59. The molecule has 0 saturated carbocycles. The molecule has 0 radical (unpaired) electrons. The average molecular weight is 296 g/mol. The number of ether oxygens (including phenoxy) is 2. The van der Waals surface area contributed by atoms with Crippen LogP contribution in [0.4, 0.5) is 0 Å². The third-order valence-electron chi connectivity index (χ3n) is 2.06. The predicted octanol–water partition coefficient (Wildman–Crippen LogP) is 1.60. The van der Waals surface area contributed by atoms with Crippen LogP contribution < -0.4 is 0 Å². The Morgan fingerprint density at radius 1 is 0.526 bits per heavy atom. The van der Waals surface area contributed by atoms with Crippen molar-refractivity contribution < 1.29 is 27.2 Å². The molecular formula is C12H28O6Si. The highest BCUT2D eigenvalue weighted by atomic mass is 28.4. The monoisotopic (exact) mass is 296 g/mol. The smallest absolute Gasteiger partial charge is 0.379 e. The molecule has 0 atom stereocenters. The first-order valence-electron chi connectivity index (χ1n) is 6.95. The van der Waals surface area contributed by atoms with Gasteiger partial charge < -0.3 is 27.2 Å². The van der Waals surface area contributed by atoms with Crippen LogP contribution in [-0.2, 0) is 27.2 Å². The molecule has 19 heavy (non-hydrogen) atoms. The summed E-state index contributed by atoms with van der Waals surface area (Å²) in [6.45, 7) is 11.7. The van der Waals surface area contributed by atoms with Crippen LogP contribution in [0.1, 0.15) is 27.7 Å². The van der Waals surface area contributed by atoms with Crippen molar-refractivity contribution in [2.75, 3.05) is 52.9 Å². The Kier molecular flexibility index (Phi) is 13.0. The van der Waals surface area contributed by atoms with Gasteiger partial charge in [0.2, 0.25) is 0 Å². The fourth-order valence-electron chi connectivity index (χ4n) is 1.34. The second-order valence-corrected chi connectivity index (χ2v) is 5.61. The first kappa shape index (κ1) is 19.0. The third kappa shape index (κ3) is 9.50. The van der Waals surface area contributed by atoms with Crippen LogP contribution in [0.5, 0.6) is 0 Å². The molecule has 0 spiro atoms. The number of hydrogen-bond donors (Lipinski definition) is 0. The highest BCUT2D eigenvalue weighted by Crippen LogP contribution is 2.12. The fraction of sp³-hybridized carbons (Fsp3) is 1.00. The first-order chi connectivity index (χ1) is 9.24. The van der Waals surface area contributed by atoms with Crippen LogP contribution in [0, 0.1) is 0 Å². The van der Waals surface area contributed by atoms with Gasteiger partial charge >= 0.3 is 9.05 Å². The van der Waals surface area contributed by atoms with Gasteiger partial charge in [0.05, 0.1) is 26.4 Å². The zero-order valence-corrected chi connectivity index (χ0v) is 13.6. The lowest BCUT2D eigenvalue weighted by molar-refractivity contribution is -0.0496. The molecule has 0 aromatic heterocycles. The van der Waals surface area contributed by atoms with Crippen LogP contribution in [0.15, 0.2) is 0 Å². The predicted molar refractivity (Wildman–Crippen MR) is 73.9 cm³/mol. The van der Waals surface area contributed by atoms with E-state index < -0.39 is 9.05 Å². The van der Waals surface area contributed by atoms with Gasteiger partial charge in [0, 0.05) is 26.4 Å². The molecule has 0 heterocycles. The SMILES string of the molecule is CCOCCO[Si](OCC)(OCC)OCCOCC. The molecule has 0 N–H and O–H groups in total. The molecule has 0 bridgehead atoms. The normalized spacial score (nSPS) is 12.0. The second kappa shape index (κ2) is 13.0. The van der Waals surface area contributed by atoms with Gasteiger partial charge in [-0.2, -0.15) is 0 Å². The van der Waals surface area contributed by atoms with Gasteiger partial charge in [0.1, 0.15) is 0 Å². The zero-order chi connectivity index (χ0) is 14.4. The van der Waals surface area contributed by atoms with Crippen molar-refractivity contribution in [3.63, 3.8) is 0 Å². The minimum atomic E-state index is -3.06. The van der Waals surface area contributed by atoms with E-state index in [9.17, 15) is 0 Å². The standard InChI is InChI=1S/C12H28O6Si/c1-5-13-9-11-17-19(15-7-3,16-8-4)18-12-10-14-6-2/h5-12H2,1-4H3. The quantitative estimate of drug-likeness (QED) is 0.358.